The smallest absolute Gasteiger partial charge is 0.337 e. The maximum Gasteiger partial charge on any atom is 0.337 e. The van der Waals surface area contributed by atoms with Crippen molar-refractivity contribution in [2.45, 2.75) is 13.0 Å². The minimum atomic E-state index is -0.367. The Bertz CT molecular complexity index is 743. The predicted molar refractivity (Wildman–Crippen MR) is 89.9 cm³/mol. The maximum absolute atomic E-state index is 11.6. The van der Waals surface area contributed by atoms with Gasteiger partial charge in [0.05, 0.1) is 19.8 Å². The van der Waals surface area contributed by atoms with Crippen LogP contribution in [0.5, 0.6) is 5.75 Å². The molecule has 1 aliphatic rings. The van der Waals surface area contributed by atoms with Gasteiger partial charge in [0.15, 0.2) is 0 Å². The van der Waals surface area contributed by atoms with Gasteiger partial charge in [-0.15, -0.1) is 0 Å². The van der Waals surface area contributed by atoms with E-state index in [1.807, 2.05) is 18.2 Å². The molecule has 0 aliphatic carbocycles. The van der Waals surface area contributed by atoms with Crippen LogP contribution in [0.4, 0.5) is 11.4 Å². The molecule has 120 valence electrons. The molecule has 1 aliphatic heterocycles. The monoisotopic (exact) mass is 312 g/mol. The van der Waals surface area contributed by atoms with Gasteiger partial charge < -0.3 is 20.1 Å². The summed E-state index contributed by atoms with van der Waals surface area (Å²) in [6.45, 7) is 1.65. The van der Waals surface area contributed by atoms with Crippen molar-refractivity contribution in [1.82, 2.24) is 0 Å². The number of benzene rings is 2. The van der Waals surface area contributed by atoms with Crippen LogP contribution in [0.1, 0.15) is 21.5 Å². The Hall–Kier alpha value is -2.69. The molecule has 0 unspecified atom stereocenters. The Labute approximate surface area is 135 Å². The van der Waals surface area contributed by atoms with Crippen molar-refractivity contribution in [2.75, 3.05) is 31.4 Å². The fourth-order valence-electron chi connectivity index (χ4n) is 2.95. The van der Waals surface area contributed by atoms with Crippen molar-refractivity contribution in [1.29, 1.82) is 0 Å². The summed E-state index contributed by atoms with van der Waals surface area (Å²) < 4.78 is 10.2. The van der Waals surface area contributed by atoms with E-state index in [1.165, 1.54) is 18.4 Å². The minimum absolute atomic E-state index is 0.367. The van der Waals surface area contributed by atoms with Crippen LogP contribution < -0.4 is 15.4 Å². The van der Waals surface area contributed by atoms with E-state index in [4.69, 9.17) is 15.2 Å². The molecule has 0 saturated heterocycles. The fourth-order valence-corrected chi connectivity index (χ4v) is 2.95. The Morgan fingerprint density at radius 3 is 2.78 bits per heavy atom. The second-order valence-corrected chi connectivity index (χ2v) is 5.58. The van der Waals surface area contributed by atoms with Gasteiger partial charge in [-0.1, -0.05) is 12.1 Å². The summed E-state index contributed by atoms with van der Waals surface area (Å²) in [6, 6.07) is 11.4. The number of carbonyl (C=O) groups is 1. The molecule has 0 bridgehead atoms. The second kappa shape index (κ2) is 6.20. The Morgan fingerprint density at radius 2 is 2.04 bits per heavy atom. The highest BCUT2D eigenvalue weighted by atomic mass is 16.5. The third-order valence-corrected chi connectivity index (χ3v) is 4.17. The Kier molecular flexibility index (Phi) is 4.10. The zero-order chi connectivity index (χ0) is 16.4. The topological polar surface area (TPSA) is 64.8 Å². The van der Waals surface area contributed by atoms with E-state index < -0.39 is 0 Å². The van der Waals surface area contributed by atoms with Crippen LogP contribution in [0.3, 0.4) is 0 Å². The van der Waals surface area contributed by atoms with Crippen LogP contribution in [0.2, 0.25) is 0 Å². The number of fused-ring (bicyclic) bond motifs is 1. The van der Waals surface area contributed by atoms with Crippen molar-refractivity contribution in [3.8, 4) is 5.75 Å². The zero-order valence-electron chi connectivity index (χ0n) is 13.3. The standard InChI is InChI=1S/C18H20N2O3/c1-22-17-9-13(18(21)23-2)3-4-14(17)11-20-8-7-12-5-6-15(19)10-16(12)20/h3-6,9-10H,7-8,11,19H2,1-2H3. The number of methoxy groups -OCH3 is 2. The Morgan fingerprint density at radius 1 is 1.22 bits per heavy atom. The first kappa shape index (κ1) is 15.2. The van der Waals surface area contributed by atoms with Gasteiger partial charge in [-0.3, -0.25) is 0 Å². The van der Waals surface area contributed by atoms with E-state index >= 15 is 0 Å². The summed E-state index contributed by atoms with van der Waals surface area (Å²) in [7, 11) is 2.98. The van der Waals surface area contributed by atoms with E-state index in [9.17, 15) is 4.79 Å². The number of ether oxygens (including phenoxy) is 2. The normalized spacial score (nSPS) is 12.9. The first-order valence-corrected chi connectivity index (χ1v) is 7.51. The molecule has 5 heteroatoms. The minimum Gasteiger partial charge on any atom is -0.496 e. The molecular formula is C18H20N2O3. The molecule has 0 atom stereocenters. The van der Waals surface area contributed by atoms with Crippen LogP contribution in [0, 0.1) is 0 Å². The van der Waals surface area contributed by atoms with E-state index in [0.717, 1.165) is 24.2 Å². The molecule has 0 amide bonds. The van der Waals surface area contributed by atoms with Crippen molar-refractivity contribution in [3.05, 3.63) is 53.1 Å². The van der Waals surface area contributed by atoms with Crippen LogP contribution in [-0.4, -0.2) is 26.7 Å². The molecule has 0 radical (unpaired) electrons. The summed E-state index contributed by atoms with van der Waals surface area (Å²) in [5.74, 6) is 0.319. The van der Waals surface area contributed by atoms with E-state index in [2.05, 4.69) is 11.0 Å². The zero-order valence-corrected chi connectivity index (χ0v) is 13.3. The first-order valence-electron chi connectivity index (χ1n) is 7.51. The highest BCUT2D eigenvalue weighted by Gasteiger charge is 2.21. The van der Waals surface area contributed by atoms with Gasteiger partial charge in [-0.05, 0) is 36.2 Å². The van der Waals surface area contributed by atoms with Crippen molar-refractivity contribution < 1.29 is 14.3 Å². The molecule has 0 saturated carbocycles. The number of nitrogens with zero attached hydrogens (tertiary/aromatic N) is 1. The summed E-state index contributed by atoms with van der Waals surface area (Å²) in [5.41, 5.74) is 10.7. The van der Waals surface area contributed by atoms with Gasteiger partial charge in [-0.2, -0.15) is 0 Å². The number of hydrogen-bond donors (Lipinski definition) is 1. The molecule has 2 N–H and O–H groups in total. The molecule has 0 aromatic heterocycles. The van der Waals surface area contributed by atoms with E-state index in [-0.39, 0.29) is 5.97 Å². The summed E-state index contributed by atoms with van der Waals surface area (Å²) in [4.78, 5) is 13.9. The molecule has 0 spiro atoms. The van der Waals surface area contributed by atoms with Crippen LogP contribution in [0.25, 0.3) is 0 Å². The lowest BCUT2D eigenvalue weighted by atomic mass is 10.1. The van der Waals surface area contributed by atoms with Crippen LogP contribution in [0.15, 0.2) is 36.4 Å². The predicted octanol–water partition coefficient (Wildman–Crippen LogP) is 2.63. The van der Waals surface area contributed by atoms with Gasteiger partial charge in [-0.25, -0.2) is 4.79 Å². The molecule has 0 fully saturated rings. The maximum atomic E-state index is 11.6. The lowest BCUT2D eigenvalue weighted by Crippen LogP contribution is -2.20. The second-order valence-electron chi connectivity index (χ2n) is 5.58. The summed E-state index contributed by atoms with van der Waals surface area (Å²) in [6.07, 6.45) is 1.01. The van der Waals surface area contributed by atoms with Crippen molar-refractivity contribution in [3.63, 3.8) is 0 Å². The number of esters is 1. The number of carbonyl (C=O) groups excluding carboxylic acids is 1. The van der Waals surface area contributed by atoms with Crippen LogP contribution >= 0.6 is 0 Å². The lowest BCUT2D eigenvalue weighted by molar-refractivity contribution is 0.0600. The van der Waals surface area contributed by atoms with E-state index in [0.29, 0.717) is 17.9 Å². The number of nitrogens with two attached hydrogens (primary N) is 1. The van der Waals surface area contributed by atoms with Gasteiger partial charge in [0.1, 0.15) is 5.75 Å². The van der Waals surface area contributed by atoms with E-state index in [1.54, 1.807) is 19.2 Å². The van der Waals surface area contributed by atoms with Crippen molar-refractivity contribution >= 4 is 17.3 Å². The van der Waals surface area contributed by atoms with Gasteiger partial charge in [0.25, 0.3) is 0 Å². The molecule has 5 nitrogen and oxygen atoms in total. The number of nitrogen functional groups attached to an aromatic ring is 1. The van der Waals surface area contributed by atoms with Gasteiger partial charge in [0, 0.05) is 30.0 Å². The molecule has 1 heterocycles. The SMILES string of the molecule is COC(=O)c1ccc(CN2CCc3ccc(N)cc32)c(OC)c1. The molecule has 3 rings (SSSR count). The number of rotatable bonds is 4. The summed E-state index contributed by atoms with van der Waals surface area (Å²) in [5, 5.41) is 0. The highest BCUT2D eigenvalue weighted by molar-refractivity contribution is 5.90. The molecule has 2 aromatic carbocycles. The third-order valence-electron chi connectivity index (χ3n) is 4.17. The van der Waals surface area contributed by atoms with Gasteiger partial charge in [0.2, 0.25) is 0 Å². The fraction of sp³-hybridized carbons (Fsp3) is 0.278. The third kappa shape index (κ3) is 2.95. The van der Waals surface area contributed by atoms with Crippen molar-refractivity contribution in [2.24, 2.45) is 0 Å². The first-order chi connectivity index (χ1) is 11.1. The lowest BCUT2D eigenvalue weighted by Gasteiger charge is -2.21. The Balaban J connectivity index is 1.87. The molecule has 23 heavy (non-hydrogen) atoms. The number of hydrogen-bond acceptors (Lipinski definition) is 5. The number of anilines is 2. The quantitative estimate of drug-likeness (QED) is 0.694. The summed E-state index contributed by atoms with van der Waals surface area (Å²) >= 11 is 0. The molecule has 2 aromatic rings. The van der Waals surface area contributed by atoms with Gasteiger partial charge >= 0.3 is 5.97 Å². The largest absolute Gasteiger partial charge is 0.496 e. The molecular weight excluding hydrogens is 292 g/mol. The average molecular weight is 312 g/mol. The highest BCUT2D eigenvalue weighted by Crippen LogP contribution is 2.33. The van der Waals surface area contributed by atoms with Crippen LogP contribution in [-0.2, 0) is 17.7 Å². The average Bonchev–Trinajstić information content (AvgIpc) is 2.96.